The monoisotopic (exact) mass is 263 g/mol. The van der Waals surface area contributed by atoms with E-state index >= 15 is 0 Å². The summed E-state index contributed by atoms with van der Waals surface area (Å²) in [7, 11) is 0. The van der Waals surface area contributed by atoms with Gasteiger partial charge in [0, 0.05) is 6.42 Å². The Bertz CT molecular complexity index is 463. The first-order valence-electron chi connectivity index (χ1n) is 6.32. The summed E-state index contributed by atoms with van der Waals surface area (Å²) in [4.78, 5) is 22.8. The molecule has 0 heterocycles. The van der Waals surface area contributed by atoms with Crippen molar-refractivity contribution in [1.82, 2.24) is 5.32 Å². The van der Waals surface area contributed by atoms with Gasteiger partial charge in [-0.25, -0.2) is 0 Å². The minimum atomic E-state index is -1.04. The SMILES string of the molecule is Cc1ccc([C@@H](C)NC(=O)CC(C)(C)C(=O)O)cc1. The maximum absolute atomic E-state index is 11.8. The summed E-state index contributed by atoms with van der Waals surface area (Å²) in [6.07, 6.45) is -0.0292. The number of aryl methyl sites for hydroxylation is 1. The van der Waals surface area contributed by atoms with E-state index in [1.807, 2.05) is 38.1 Å². The molecule has 0 saturated carbocycles. The van der Waals surface area contributed by atoms with E-state index in [0.717, 1.165) is 11.1 Å². The summed E-state index contributed by atoms with van der Waals surface area (Å²) >= 11 is 0. The van der Waals surface area contributed by atoms with Gasteiger partial charge in [-0.15, -0.1) is 0 Å². The van der Waals surface area contributed by atoms with Crippen LogP contribution in [0.3, 0.4) is 0 Å². The molecule has 0 aromatic heterocycles. The lowest BCUT2D eigenvalue weighted by Crippen LogP contribution is -2.34. The van der Waals surface area contributed by atoms with Gasteiger partial charge in [0.25, 0.3) is 0 Å². The van der Waals surface area contributed by atoms with Crippen LogP contribution in [0, 0.1) is 12.3 Å². The van der Waals surface area contributed by atoms with Crippen LogP contribution in [0.1, 0.15) is 44.4 Å². The molecule has 1 rings (SSSR count). The van der Waals surface area contributed by atoms with Crippen molar-refractivity contribution >= 4 is 11.9 Å². The van der Waals surface area contributed by atoms with Crippen molar-refractivity contribution in [3.8, 4) is 0 Å². The standard InChI is InChI=1S/C15H21NO3/c1-10-5-7-12(8-6-10)11(2)16-13(17)9-15(3,4)14(18)19/h5-8,11H,9H2,1-4H3,(H,16,17)(H,18,19)/t11-/m1/s1. The number of carboxylic acid groups (broad SMARTS) is 1. The van der Waals surface area contributed by atoms with Gasteiger partial charge in [0.15, 0.2) is 0 Å². The van der Waals surface area contributed by atoms with Crippen molar-refractivity contribution in [1.29, 1.82) is 0 Å². The number of benzene rings is 1. The average molecular weight is 263 g/mol. The summed E-state index contributed by atoms with van der Waals surface area (Å²) < 4.78 is 0. The Hall–Kier alpha value is -1.84. The van der Waals surface area contributed by atoms with Gasteiger partial charge in [0.1, 0.15) is 0 Å². The van der Waals surface area contributed by atoms with E-state index in [9.17, 15) is 9.59 Å². The summed E-state index contributed by atoms with van der Waals surface area (Å²) in [5.41, 5.74) is 1.12. The van der Waals surface area contributed by atoms with Gasteiger partial charge in [-0.05, 0) is 33.3 Å². The Labute approximate surface area is 113 Å². The first kappa shape index (κ1) is 15.2. The number of carboxylic acids is 1. The van der Waals surface area contributed by atoms with Gasteiger partial charge >= 0.3 is 5.97 Å². The summed E-state index contributed by atoms with van der Waals surface area (Å²) in [5, 5.41) is 11.8. The van der Waals surface area contributed by atoms with Crippen LogP contribution in [0.25, 0.3) is 0 Å². The van der Waals surface area contributed by atoms with E-state index in [0.29, 0.717) is 0 Å². The molecule has 0 unspecified atom stereocenters. The Morgan fingerprint density at radius 2 is 1.79 bits per heavy atom. The predicted molar refractivity (Wildman–Crippen MR) is 73.8 cm³/mol. The van der Waals surface area contributed by atoms with E-state index in [2.05, 4.69) is 5.32 Å². The van der Waals surface area contributed by atoms with E-state index in [1.165, 1.54) is 0 Å². The zero-order valence-corrected chi connectivity index (χ0v) is 11.9. The van der Waals surface area contributed by atoms with E-state index in [-0.39, 0.29) is 18.4 Å². The number of amides is 1. The summed E-state index contributed by atoms with van der Waals surface area (Å²) in [6, 6.07) is 7.77. The molecule has 0 fully saturated rings. The number of carbonyl (C=O) groups excluding carboxylic acids is 1. The zero-order chi connectivity index (χ0) is 14.6. The van der Waals surface area contributed by atoms with Crippen LogP contribution in [0.5, 0.6) is 0 Å². The third kappa shape index (κ3) is 4.39. The maximum Gasteiger partial charge on any atom is 0.309 e. The van der Waals surface area contributed by atoms with Crippen LogP contribution in [-0.2, 0) is 9.59 Å². The minimum Gasteiger partial charge on any atom is -0.481 e. The van der Waals surface area contributed by atoms with Crippen LogP contribution in [0.2, 0.25) is 0 Å². The van der Waals surface area contributed by atoms with Crippen LogP contribution in [0.15, 0.2) is 24.3 Å². The third-order valence-corrected chi connectivity index (χ3v) is 3.14. The molecule has 1 atom stereocenters. The molecule has 1 aromatic rings. The topological polar surface area (TPSA) is 66.4 Å². The number of hydrogen-bond acceptors (Lipinski definition) is 2. The summed E-state index contributed by atoms with van der Waals surface area (Å²) in [5.74, 6) is -1.22. The first-order valence-corrected chi connectivity index (χ1v) is 6.32. The highest BCUT2D eigenvalue weighted by atomic mass is 16.4. The molecule has 0 bridgehead atoms. The fourth-order valence-electron chi connectivity index (χ4n) is 1.71. The molecule has 0 aliphatic heterocycles. The second kappa shape index (κ2) is 5.87. The van der Waals surface area contributed by atoms with Gasteiger partial charge in [-0.1, -0.05) is 29.8 Å². The fraction of sp³-hybridized carbons (Fsp3) is 0.467. The highest BCUT2D eigenvalue weighted by Crippen LogP contribution is 2.21. The molecule has 0 radical (unpaired) electrons. The fourth-order valence-corrected chi connectivity index (χ4v) is 1.71. The van der Waals surface area contributed by atoms with Crippen molar-refractivity contribution in [2.45, 2.75) is 40.2 Å². The predicted octanol–water partition coefficient (Wildman–Crippen LogP) is 2.67. The molecule has 0 spiro atoms. The second-order valence-corrected chi connectivity index (χ2v) is 5.57. The molecule has 0 saturated heterocycles. The van der Waals surface area contributed by atoms with Crippen molar-refractivity contribution in [3.05, 3.63) is 35.4 Å². The minimum absolute atomic E-state index is 0.0292. The molecular weight excluding hydrogens is 242 g/mol. The lowest BCUT2D eigenvalue weighted by molar-refractivity contribution is -0.149. The Morgan fingerprint density at radius 3 is 2.26 bits per heavy atom. The molecular formula is C15H21NO3. The largest absolute Gasteiger partial charge is 0.481 e. The number of carbonyl (C=O) groups is 2. The third-order valence-electron chi connectivity index (χ3n) is 3.14. The Balaban J connectivity index is 2.62. The van der Waals surface area contributed by atoms with Gasteiger partial charge < -0.3 is 10.4 Å². The van der Waals surface area contributed by atoms with Gasteiger partial charge in [0.05, 0.1) is 11.5 Å². The van der Waals surface area contributed by atoms with Crippen LogP contribution in [-0.4, -0.2) is 17.0 Å². The number of aliphatic carboxylic acids is 1. The quantitative estimate of drug-likeness (QED) is 0.858. The van der Waals surface area contributed by atoms with Gasteiger partial charge in [0.2, 0.25) is 5.91 Å². The highest BCUT2D eigenvalue weighted by molar-refractivity contribution is 5.84. The zero-order valence-electron chi connectivity index (χ0n) is 11.9. The second-order valence-electron chi connectivity index (χ2n) is 5.57. The molecule has 0 aliphatic rings. The number of hydrogen-bond donors (Lipinski definition) is 2. The number of nitrogens with one attached hydrogen (secondary N) is 1. The van der Waals surface area contributed by atoms with Crippen LogP contribution in [0.4, 0.5) is 0 Å². The van der Waals surface area contributed by atoms with Crippen molar-refractivity contribution in [2.24, 2.45) is 5.41 Å². The van der Waals surface area contributed by atoms with Crippen LogP contribution < -0.4 is 5.32 Å². The maximum atomic E-state index is 11.8. The number of rotatable bonds is 5. The molecule has 0 aliphatic carbocycles. The van der Waals surface area contributed by atoms with Gasteiger partial charge in [-0.3, -0.25) is 9.59 Å². The molecule has 19 heavy (non-hydrogen) atoms. The average Bonchev–Trinajstić information content (AvgIpc) is 2.28. The Kier molecular flexibility index (Phi) is 4.70. The van der Waals surface area contributed by atoms with Crippen molar-refractivity contribution < 1.29 is 14.7 Å². The van der Waals surface area contributed by atoms with Crippen LogP contribution >= 0.6 is 0 Å². The molecule has 2 N–H and O–H groups in total. The van der Waals surface area contributed by atoms with E-state index < -0.39 is 11.4 Å². The molecule has 1 aromatic carbocycles. The molecule has 104 valence electrons. The smallest absolute Gasteiger partial charge is 0.309 e. The summed E-state index contributed by atoms with van der Waals surface area (Å²) in [6.45, 7) is 6.98. The molecule has 4 nitrogen and oxygen atoms in total. The normalized spacial score (nSPS) is 12.8. The van der Waals surface area contributed by atoms with Gasteiger partial charge in [-0.2, -0.15) is 0 Å². The lowest BCUT2D eigenvalue weighted by atomic mass is 9.89. The molecule has 4 heteroatoms. The van der Waals surface area contributed by atoms with Crippen molar-refractivity contribution in [2.75, 3.05) is 0 Å². The van der Waals surface area contributed by atoms with E-state index in [1.54, 1.807) is 13.8 Å². The Morgan fingerprint density at radius 1 is 1.26 bits per heavy atom. The van der Waals surface area contributed by atoms with E-state index in [4.69, 9.17) is 5.11 Å². The lowest BCUT2D eigenvalue weighted by Gasteiger charge is -2.20. The highest BCUT2D eigenvalue weighted by Gasteiger charge is 2.30. The first-order chi connectivity index (χ1) is 8.72. The molecule has 1 amide bonds. The van der Waals surface area contributed by atoms with Crippen molar-refractivity contribution in [3.63, 3.8) is 0 Å².